The van der Waals surface area contributed by atoms with Crippen LogP contribution in [0.3, 0.4) is 0 Å². The highest BCUT2D eigenvalue weighted by Crippen LogP contribution is 2.52. The van der Waals surface area contributed by atoms with Crippen LogP contribution in [0.4, 0.5) is 0 Å². The molecule has 2 saturated carbocycles. The highest BCUT2D eigenvalue weighted by atomic mass is 16.1. The first-order valence-corrected chi connectivity index (χ1v) is 23.1. The van der Waals surface area contributed by atoms with Crippen molar-refractivity contribution in [3.05, 3.63) is 12.2 Å². The Hall–Kier alpha value is -0.630. The van der Waals surface area contributed by atoms with Gasteiger partial charge < -0.3 is 4.90 Å². The van der Waals surface area contributed by atoms with Crippen molar-refractivity contribution >= 4 is 5.78 Å². The van der Waals surface area contributed by atoms with Crippen LogP contribution in [-0.2, 0) is 4.79 Å². The van der Waals surface area contributed by atoms with Gasteiger partial charge in [0.25, 0.3) is 0 Å². The zero-order valence-corrected chi connectivity index (χ0v) is 35.7. The molecule has 0 amide bonds. The van der Waals surface area contributed by atoms with Crippen LogP contribution in [0.5, 0.6) is 0 Å². The first-order chi connectivity index (χ1) is 24.2. The summed E-state index contributed by atoms with van der Waals surface area (Å²) < 4.78 is 0. The summed E-state index contributed by atoms with van der Waals surface area (Å²) in [7, 11) is 0. The van der Waals surface area contributed by atoms with E-state index in [-0.39, 0.29) is 0 Å². The van der Waals surface area contributed by atoms with Gasteiger partial charge in [-0.25, -0.2) is 0 Å². The Kier molecular flexibility index (Phi) is 29.2. The summed E-state index contributed by atoms with van der Waals surface area (Å²) in [5.41, 5.74) is 2.09. The van der Waals surface area contributed by atoms with E-state index < -0.39 is 0 Å². The average Bonchev–Trinajstić information content (AvgIpc) is 3.06. The van der Waals surface area contributed by atoms with Gasteiger partial charge in [0.05, 0.1) is 0 Å². The van der Waals surface area contributed by atoms with Crippen molar-refractivity contribution in [2.75, 3.05) is 19.6 Å². The van der Waals surface area contributed by atoms with E-state index >= 15 is 0 Å². The van der Waals surface area contributed by atoms with E-state index in [0.29, 0.717) is 11.2 Å². The minimum absolute atomic E-state index is 0.516. The average molecular weight is 700 g/mol. The van der Waals surface area contributed by atoms with E-state index in [9.17, 15) is 4.79 Å². The summed E-state index contributed by atoms with van der Waals surface area (Å²) in [6.07, 6.45) is 39.3. The Balaban J connectivity index is 0.00000401. The fourth-order valence-corrected chi connectivity index (χ4v) is 9.80. The second kappa shape index (κ2) is 30.8. The normalized spacial score (nSPS) is 22.3. The zero-order valence-electron chi connectivity index (χ0n) is 35.7. The van der Waals surface area contributed by atoms with E-state index in [1.165, 1.54) is 187 Å². The summed E-state index contributed by atoms with van der Waals surface area (Å²) in [6, 6.07) is 0. The minimum Gasteiger partial charge on any atom is -0.303 e. The summed E-state index contributed by atoms with van der Waals surface area (Å²) in [5.74, 6) is 4.33. The highest BCUT2D eigenvalue weighted by molar-refractivity contribution is 5.78. The third-order valence-electron chi connectivity index (χ3n) is 12.3. The maximum absolute atomic E-state index is 12.3. The second-order valence-corrected chi connectivity index (χ2v) is 18.2. The Morgan fingerprint density at radius 1 is 0.640 bits per heavy atom. The lowest BCUT2D eigenvalue weighted by atomic mass is 9.58. The summed E-state index contributed by atoms with van der Waals surface area (Å²) in [5, 5.41) is 0. The van der Waals surface area contributed by atoms with Gasteiger partial charge in [-0.05, 0) is 132 Å². The number of nitrogens with zero attached hydrogens (tertiary/aromatic N) is 1. The molecule has 2 heteroatoms. The van der Waals surface area contributed by atoms with E-state index in [1.54, 1.807) is 5.57 Å². The topological polar surface area (TPSA) is 20.3 Å². The van der Waals surface area contributed by atoms with Gasteiger partial charge >= 0.3 is 0 Å². The number of ketones is 1. The molecule has 2 bridgehead atoms. The highest BCUT2D eigenvalue weighted by Gasteiger charge is 2.40. The Bertz CT molecular complexity index is 784. The molecule has 0 aromatic rings. The molecule has 2 aliphatic carbocycles. The third kappa shape index (κ3) is 24.6. The molecule has 2 fully saturated rings. The molecule has 0 saturated heterocycles. The molecule has 0 N–H and O–H groups in total. The van der Waals surface area contributed by atoms with Gasteiger partial charge in [0.15, 0.2) is 0 Å². The fraction of sp³-hybridized carbons (Fsp3) is 0.938. The maximum atomic E-state index is 12.3. The number of carbonyl (C=O) groups excluding carboxylic acids is 1. The number of Topliss-reactive ketones (excluding diaryl/α,β-unsaturated/α-hetero) is 1. The molecule has 0 heterocycles. The lowest BCUT2D eigenvalue weighted by molar-refractivity contribution is -0.119. The van der Waals surface area contributed by atoms with Crippen LogP contribution < -0.4 is 0 Å². The fourth-order valence-electron chi connectivity index (χ4n) is 9.80. The van der Waals surface area contributed by atoms with Crippen LogP contribution in [0, 0.1) is 29.1 Å². The number of hydrogen-bond donors (Lipinski definition) is 0. The molecule has 0 aliphatic heterocycles. The van der Waals surface area contributed by atoms with Crippen LogP contribution >= 0.6 is 0 Å². The smallest absolute Gasteiger partial charge is 0.132 e. The van der Waals surface area contributed by atoms with Crippen molar-refractivity contribution in [3.63, 3.8) is 0 Å². The second-order valence-electron chi connectivity index (χ2n) is 18.2. The molecule has 0 aromatic carbocycles. The van der Waals surface area contributed by atoms with Gasteiger partial charge in [0.1, 0.15) is 5.78 Å². The first-order valence-electron chi connectivity index (χ1n) is 23.1. The van der Waals surface area contributed by atoms with E-state index in [4.69, 9.17) is 0 Å². The summed E-state index contributed by atoms with van der Waals surface area (Å²) >= 11 is 0. The van der Waals surface area contributed by atoms with Gasteiger partial charge in [-0.3, -0.25) is 4.79 Å². The van der Waals surface area contributed by atoms with Crippen molar-refractivity contribution < 1.29 is 4.79 Å². The summed E-state index contributed by atoms with van der Waals surface area (Å²) in [6.45, 7) is 24.6. The van der Waals surface area contributed by atoms with E-state index in [0.717, 1.165) is 49.4 Å². The molecule has 3 atom stereocenters. The molecule has 0 aromatic heterocycles. The van der Waals surface area contributed by atoms with E-state index in [1.807, 2.05) is 0 Å². The van der Waals surface area contributed by atoms with E-state index in [2.05, 4.69) is 59.9 Å². The van der Waals surface area contributed by atoms with Gasteiger partial charge in [0.2, 0.25) is 0 Å². The van der Waals surface area contributed by atoms with Crippen molar-refractivity contribution in [2.45, 2.75) is 241 Å². The molecule has 2 rings (SSSR count). The largest absolute Gasteiger partial charge is 0.303 e. The lowest BCUT2D eigenvalue weighted by Gasteiger charge is -2.47. The van der Waals surface area contributed by atoms with Gasteiger partial charge in [-0.15, -0.1) is 0 Å². The van der Waals surface area contributed by atoms with Crippen molar-refractivity contribution in [1.29, 1.82) is 0 Å². The van der Waals surface area contributed by atoms with Crippen LogP contribution in [0.1, 0.15) is 241 Å². The number of rotatable bonds is 31. The molecular formula is C48H93NO. The molecule has 50 heavy (non-hydrogen) atoms. The van der Waals surface area contributed by atoms with Crippen LogP contribution in [0.25, 0.3) is 0 Å². The molecule has 2 nitrogen and oxygen atoms in total. The standard InChI is InChI=1S/C45H85NO.C3H8/c1-7-10-26-41(9-3)27-24-29-44(47)28-21-17-15-19-23-32-46(30-11-8-2)31-22-18-14-12-13-16-20-25-39(4)36-45(6)37-42-33-40(5)34-43(35-42)38-45;1-3-2/h40-43H,4,7-38H2,1-3,5-6H3;3H2,1-2H3. The van der Waals surface area contributed by atoms with Crippen LogP contribution in [0.15, 0.2) is 12.2 Å². The molecule has 0 spiro atoms. The quantitative estimate of drug-likeness (QED) is 0.0530. The third-order valence-corrected chi connectivity index (χ3v) is 12.3. The molecular weight excluding hydrogens is 607 g/mol. The monoisotopic (exact) mass is 700 g/mol. The maximum Gasteiger partial charge on any atom is 0.132 e. The number of carbonyl (C=O) groups is 1. The molecule has 0 radical (unpaired) electrons. The Labute approximate surface area is 316 Å². The Morgan fingerprint density at radius 3 is 1.64 bits per heavy atom. The lowest BCUT2D eigenvalue weighted by Crippen LogP contribution is -2.36. The van der Waals surface area contributed by atoms with Crippen LogP contribution in [0.2, 0.25) is 0 Å². The predicted octanol–water partition coefficient (Wildman–Crippen LogP) is 15.7. The van der Waals surface area contributed by atoms with Crippen molar-refractivity contribution in [2.24, 2.45) is 29.1 Å². The van der Waals surface area contributed by atoms with Crippen LogP contribution in [-0.4, -0.2) is 30.3 Å². The molecule has 296 valence electrons. The molecule has 3 unspecified atom stereocenters. The Morgan fingerprint density at radius 2 is 1.10 bits per heavy atom. The number of fused-ring (bicyclic) bond motifs is 2. The number of unbranched alkanes of at least 4 members (excludes halogenated alkanes) is 12. The van der Waals surface area contributed by atoms with Gasteiger partial charge in [-0.1, -0.05) is 157 Å². The van der Waals surface area contributed by atoms with Gasteiger partial charge in [-0.2, -0.15) is 0 Å². The predicted molar refractivity (Wildman–Crippen MR) is 225 cm³/mol. The number of allylic oxidation sites excluding steroid dienone is 1. The first kappa shape index (κ1) is 47.4. The number of hydrogen-bond acceptors (Lipinski definition) is 2. The van der Waals surface area contributed by atoms with Gasteiger partial charge in [0, 0.05) is 12.8 Å². The van der Waals surface area contributed by atoms with Crippen molar-refractivity contribution in [1.82, 2.24) is 4.90 Å². The SMILES string of the molecule is C=C(CCCCCCCCCN(CCCC)CCCCCCCC(=O)CCCC(CC)CCCC)CC1(C)CC2CC(C)CC(C2)C1.CCC. The van der Waals surface area contributed by atoms with Crippen molar-refractivity contribution in [3.8, 4) is 0 Å². The summed E-state index contributed by atoms with van der Waals surface area (Å²) in [4.78, 5) is 15.1. The molecule has 2 aliphatic rings. The zero-order chi connectivity index (χ0) is 36.9. The minimum atomic E-state index is 0.516.